The Labute approximate surface area is 131 Å². The van der Waals surface area contributed by atoms with Gasteiger partial charge in [-0.25, -0.2) is 0 Å². The monoisotopic (exact) mass is 293 g/mol. The molecular formula is C19H35NO. The smallest absolute Gasteiger partial charge is 0.0587 e. The van der Waals surface area contributed by atoms with Gasteiger partial charge >= 0.3 is 0 Å². The summed E-state index contributed by atoms with van der Waals surface area (Å²) in [4.78, 5) is 2.87. The van der Waals surface area contributed by atoms with Gasteiger partial charge < -0.3 is 5.11 Å². The highest BCUT2D eigenvalue weighted by Gasteiger charge is 2.55. The molecular weight excluding hydrogens is 258 g/mol. The van der Waals surface area contributed by atoms with Gasteiger partial charge in [-0.3, -0.25) is 4.90 Å². The third-order valence-electron chi connectivity index (χ3n) is 6.83. The molecule has 0 bridgehead atoms. The molecule has 0 aromatic carbocycles. The first-order valence-electron chi connectivity index (χ1n) is 9.71. The van der Waals surface area contributed by atoms with Gasteiger partial charge in [-0.05, 0) is 50.9 Å². The number of rotatable bonds is 6. The van der Waals surface area contributed by atoms with E-state index in [1.165, 1.54) is 83.5 Å². The summed E-state index contributed by atoms with van der Waals surface area (Å²) in [7, 11) is 0. The van der Waals surface area contributed by atoms with E-state index in [2.05, 4.69) is 11.8 Å². The molecule has 1 aliphatic carbocycles. The van der Waals surface area contributed by atoms with Crippen LogP contribution in [0.1, 0.15) is 90.4 Å². The molecule has 3 aliphatic rings. The zero-order valence-electron chi connectivity index (χ0n) is 14.0. The third-order valence-corrected chi connectivity index (χ3v) is 6.83. The number of aliphatic hydroxyl groups is 1. The Morgan fingerprint density at radius 1 is 0.952 bits per heavy atom. The molecule has 1 saturated carbocycles. The molecule has 2 aliphatic heterocycles. The number of nitrogens with zero attached hydrogens (tertiary/aromatic N) is 1. The maximum atomic E-state index is 9.88. The highest BCUT2D eigenvalue weighted by atomic mass is 16.3. The molecule has 0 aromatic rings. The molecule has 0 radical (unpaired) electrons. The van der Waals surface area contributed by atoms with Crippen molar-refractivity contribution in [2.24, 2.45) is 5.92 Å². The van der Waals surface area contributed by atoms with Crippen molar-refractivity contribution >= 4 is 0 Å². The summed E-state index contributed by atoms with van der Waals surface area (Å²) in [6, 6.07) is 1.25. The molecule has 2 nitrogen and oxygen atoms in total. The van der Waals surface area contributed by atoms with E-state index in [1.807, 2.05) is 0 Å². The molecule has 3 rings (SSSR count). The number of unbranched alkanes of at least 4 members (excludes halogenated alkanes) is 3. The van der Waals surface area contributed by atoms with Gasteiger partial charge in [-0.2, -0.15) is 0 Å². The molecule has 21 heavy (non-hydrogen) atoms. The van der Waals surface area contributed by atoms with Gasteiger partial charge in [0.25, 0.3) is 0 Å². The molecule has 2 heterocycles. The van der Waals surface area contributed by atoms with Crippen molar-refractivity contribution in [2.45, 2.75) is 108 Å². The minimum atomic E-state index is 0.389. The lowest BCUT2D eigenvalue weighted by atomic mass is 9.66. The van der Waals surface area contributed by atoms with Crippen LogP contribution in [-0.2, 0) is 0 Å². The summed E-state index contributed by atoms with van der Waals surface area (Å²) in [5.41, 5.74) is 0.499. The van der Waals surface area contributed by atoms with Crippen LogP contribution in [-0.4, -0.2) is 34.2 Å². The van der Waals surface area contributed by atoms with Crippen molar-refractivity contribution in [3.63, 3.8) is 0 Å². The quantitative estimate of drug-likeness (QED) is 0.729. The minimum absolute atomic E-state index is 0.389. The van der Waals surface area contributed by atoms with Crippen molar-refractivity contribution in [2.75, 3.05) is 6.61 Å². The lowest BCUT2D eigenvalue weighted by molar-refractivity contribution is -0.0702. The second-order valence-electron chi connectivity index (χ2n) is 7.91. The van der Waals surface area contributed by atoms with E-state index in [0.717, 1.165) is 12.0 Å². The van der Waals surface area contributed by atoms with E-state index in [4.69, 9.17) is 0 Å². The first-order chi connectivity index (χ1) is 10.3. The maximum Gasteiger partial charge on any atom is 0.0587 e. The Morgan fingerprint density at radius 3 is 2.67 bits per heavy atom. The van der Waals surface area contributed by atoms with Crippen molar-refractivity contribution in [3.05, 3.63) is 0 Å². The molecule has 4 atom stereocenters. The lowest BCUT2D eigenvalue weighted by Crippen LogP contribution is -2.61. The Bertz CT molecular complexity index is 332. The zero-order chi connectivity index (χ0) is 14.7. The third kappa shape index (κ3) is 2.91. The fraction of sp³-hybridized carbons (Fsp3) is 1.00. The Morgan fingerprint density at radius 2 is 1.86 bits per heavy atom. The molecule has 0 aromatic heterocycles. The van der Waals surface area contributed by atoms with Crippen LogP contribution in [0.4, 0.5) is 0 Å². The molecule has 2 heteroatoms. The SMILES string of the molecule is CCCCCC[C@@H]1CC[C@@H]2CCCC[C@]23CC[C@H](CO)N13. The van der Waals surface area contributed by atoms with E-state index < -0.39 is 0 Å². The van der Waals surface area contributed by atoms with Crippen LogP contribution in [0.15, 0.2) is 0 Å². The first kappa shape index (κ1) is 15.8. The highest BCUT2D eigenvalue weighted by Crippen LogP contribution is 2.54. The van der Waals surface area contributed by atoms with Gasteiger partial charge in [0.15, 0.2) is 0 Å². The van der Waals surface area contributed by atoms with Gasteiger partial charge in [0.2, 0.25) is 0 Å². The average Bonchev–Trinajstić information content (AvgIpc) is 2.90. The van der Waals surface area contributed by atoms with Gasteiger partial charge in [0, 0.05) is 17.6 Å². The lowest BCUT2D eigenvalue weighted by Gasteiger charge is -2.56. The van der Waals surface area contributed by atoms with E-state index in [0.29, 0.717) is 18.2 Å². The van der Waals surface area contributed by atoms with Crippen LogP contribution in [0.25, 0.3) is 0 Å². The van der Waals surface area contributed by atoms with E-state index >= 15 is 0 Å². The Balaban J connectivity index is 1.70. The molecule has 1 spiro atoms. The molecule has 0 unspecified atom stereocenters. The van der Waals surface area contributed by atoms with E-state index in [1.54, 1.807) is 0 Å². The number of hydrogen-bond acceptors (Lipinski definition) is 2. The van der Waals surface area contributed by atoms with Crippen LogP contribution < -0.4 is 0 Å². The predicted molar refractivity (Wildman–Crippen MR) is 88.4 cm³/mol. The van der Waals surface area contributed by atoms with Crippen LogP contribution in [0.2, 0.25) is 0 Å². The van der Waals surface area contributed by atoms with E-state index in [-0.39, 0.29) is 0 Å². The van der Waals surface area contributed by atoms with Crippen LogP contribution in [0.3, 0.4) is 0 Å². The predicted octanol–water partition coefficient (Wildman–Crippen LogP) is 4.50. The first-order valence-corrected chi connectivity index (χ1v) is 9.71. The largest absolute Gasteiger partial charge is 0.395 e. The zero-order valence-corrected chi connectivity index (χ0v) is 14.0. The van der Waals surface area contributed by atoms with Gasteiger partial charge in [0.05, 0.1) is 6.61 Å². The van der Waals surface area contributed by atoms with Crippen LogP contribution >= 0.6 is 0 Å². The molecule has 1 N–H and O–H groups in total. The number of hydrogen-bond donors (Lipinski definition) is 1. The summed E-state index contributed by atoms with van der Waals surface area (Å²) in [5, 5.41) is 9.88. The fourth-order valence-electron chi connectivity index (χ4n) is 5.89. The van der Waals surface area contributed by atoms with Crippen molar-refractivity contribution in [1.29, 1.82) is 0 Å². The van der Waals surface area contributed by atoms with Crippen molar-refractivity contribution in [3.8, 4) is 0 Å². The van der Waals surface area contributed by atoms with Gasteiger partial charge in [0.1, 0.15) is 0 Å². The van der Waals surface area contributed by atoms with Crippen molar-refractivity contribution < 1.29 is 5.11 Å². The van der Waals surface area contributed by atoms with Gasteiger partial charge in [-0.15, -0.1) is 0 Å². The Kier molecular flexibility index (Phi) is 5.27. The second-order valence-corrected chi connectivity index (χ2v) is 7.91. The summed E-state index contributed by atoms with van der Waals surface area (Å²) < 4.78 is 0. The normalized spacial score (nSPS) is 40.0. The minimum Gasteiger partial charge on any atom is -0.395 e. The average molecular weight is 293 g/mol. The maximum absolute atomic E-state index is 9.88. The topological polar surface area (TPSA) is 23.5 Å². The second kappa shape index (κ2) is 7.00. The molecule has 122 valence electrons. The number of aliphatic hydroxyl groups excluding tert-OH is 1. The number of piperidine rings is 1. The van der Waals surface area contributed by atoms with Gasteiger partial charge in [-0.1, -0.05) is 45.4 Å². The molecule has 0 amide bonds. The van der Waals surface area contributed by atoms with Crippen LogP contribution in [0.5, 0.6) is 0 Å². The molecule has 2 saturated heterocycles. The van der Waals surface area contributed by atoms with E-state index in [9.17, 15) is 5.11 Å². The summed E-state index contributed by atoms with van der Waals surface area (Å²) in [6.45, 7) is 2.68. The van der Waals surface area contributed by atoms with Crippen molar-refractivity contribution in [1.82, 2.24) is 4.90 Å². The highest BCUT2D eigenvalue weighted by molar-refractivity contribution is 5.10. The summed E-state index contributed by atoms with van der Waals surface area (Å²) in [6.07, 6.45) is 18.1. The van der Waals surface area contributed by atoms with Crippen LogP contribution in [0, 0.1) is 5.92 Å². The molecule has 3 fully saturated rings. The Hall–Kier alpha value is -0.0800. The summed E-state index contributed by atoms with van der Waals surface area (Å²) >= 11 is 0. The standard InChI is InChI=1S/C19H35NO/c1-2-3-4-5-9-17-11-10-16-8-6-7-13-19(16)14-12-18(15-21)20(17)19/h16-18,21H,2-15H2,1H3/t16-,17+,18+,19-/m0/s1. The summed E-state index contributed by atoms with van der Waals surface area (Å²) in [5.74, 6) is 0.940. The fourth-order valence-corrected chi connectivity index (χ4v) is 5.89.